The van der Waals surface area contributed by atoms with E-state index in [0.29, 0.717) is 0 Å². The Hall–Kier alpha value is -1.92. The lowest BCUT2D eigenvalue weighted by atomic mass is 10.1. The highest BCUT2D eigenvalue weighted by Crippen LogP contribution is 2.30. The minimum Gasteiger partial charge on any atom is -0.394 e. The summed E-state index contributed by atoms with van der Waals surface area (Å²) in [4.78, 5) is 15.4. The van der Waals surface area contributed by atoms with Crippen molar-refractivity contribution in [1.82, 2.24) is 9.55 Å². The quantitative estimate of drug-likeness (QED) is 0.551. The number of nitrogen functional groups attached to an aromatic ring is 1. The van der Waals surface area contributed by atoms with Crippen LogP contribution in [0.5, 0.6) is 0 Å². The number of nitrogens with two attached hydrogens (primary N) is 1. The van der Waals surface area contributed by atoms with Crippen molar-refractivity contribution < 1.29 is 19.7 Å². The molecule has 1 saturated heterocycles. The number of aromatic nitrogens is 2. The van der Waals surface area contributed by atoms with Crippen LogP contribution in [0.2, 0.25) is 0 Å². The molecule has 0 aliphatic carbocycles. The van der Waals surface area contributed by atoms with Gasteiger partial charge in [0, 0.05) is 6.20 Å². The van der Waals surface area contributed by atoms with Crippen molar-refractivity contribution in [2.24, 2.45) is 0 Å². The number of anilines is 1. The highest BCUT2D eigenvalue weighted by Gasteiger charge is 2.45. The number of terminal acetylenes is 1. The minimum absolute atomic E-state index is 0.0586. The Kier molecular flexibility index (Phi) is 4.36. The molecule has 0 amide bonds. The first-order chi connectivity index (χ1) is 9.58. The maximum absolute atomic E-state index is 11.8. The molecular weight excluding hydrogens is 266 g/mol. The van der Waals surface area contributed by atoms with Crippen LogP contribution in [0, 0.1) is 12.3 Å². The fourth-order valence-corrected chi connectivity index (χ4v) is 2.04. The van der Waals surface area contributed by atoms with Crippen LogP contribution >= 0.6 is 0 Å². The Bertz CT molecular complexity index is 567. The van der Waals surface area contributed by atoms with Crippen molar-refractivity contribution in [2.45, 2.75) is 24.5 Å². The van der Waals surface area contributed by atoms with Gasteiger partial charge in [0.2, 0.25) is 0 Å². The molecule has 0 spiro atoms. The third-order valence-electron chi connectivity index (χ3n) is 2.98. The van der Waals surface area contributed by atoms with Crippen molar-refractivity contribution in [3.8, 4) is 12.3 Å². The summed E-state index contributed by atoms with van der Waals surface area (Å²) >= 11 is 0. The molecule has 1 fully saturated rings. The maximum Gasteiger partial charge on any atom is 0.351 e. The van der Waals surface area contributed by atoms with Crippen LogP contribution in [-0.2, 0) is 9.47 Å². The zero-order valence-electron chi connectivity index (χ0n) is 10.5. The Labute approximate surface area is 114 Å². The molecule has 0 saturated carbocycles. The molecule has 108 valence electrons. The summed E-state index contributed by atoms with van der Waals surface area (Å²) in [5.74, 6) is 2.34. The van der Waals surface area contributed by atoms with Gasteiger partial charge >= 0.3 is 5.69 Å². The Balaban J connectivity index is 2.32. The van der Waals surface area contributed by atoms with E-state index in [0.717, 1.165) is 4.57 Å². The average molecular weight is 281 g/mol. The van der Waals surface area contributed by atoms with Crippen molar-refractivity contribution >= 4 is 5.82 Å². The van der Waals surface area contributed by atoms with Crippen molar-refractivity contribution in [1.29, 1.82) is 0 Å². The molecule has 0 bridgehead atoms. The summed E-state index contributed by atoms with van der Waals surface area (Å²) in [7, 11) is 0. The lowest BCUT2D eigenvalue weighted by Gasteiger charge is -2.21. The zero-order chi connectivity index (χ0) is 14.7. The first-order valence-corrected chi connectivity index (χ1v) is 5.92. The zero-order valence-corrected chi connectivity index (χ0v) is 10.5. The molecule has 0 radical (unpaired) electrons. The van der Waals surface area contributed by atoms with E-state index >= 15 is 0 Å². The van der Waals surface area contributed by atoms with E-state index in [1.54, 1.807) is 0 Å². The lowest BCUT2D eigenvalue weighted by Crippen LogP contribution is -2.38. The molecule has 4 N–H and O–H groups in total. The topological polar surface area (TPSA) is 120 Å². The summed E-state index contributed by atoms with van der Waals surface area (Å²) in [5, 5.41) is 19.2. The number of ether oxygens (including phenoxy) is 2. The van der Waals surface area contributed by atoms with Gasteiger partial charge in [0.25, 0.3) is 0 Å². The van der Waals surface area contributed by atoms with Gasteiger partial charge in [-0.15, -0.1) is 6.42 Å². The van der Waals surface area contributed by atoms with Crippen LogP contribution in [0.15, 0.2) is 17.1 Å². The predicted molar refractivity (Wildman–Crippen MR) is 68.5 cm³/mol. The highest BCUT2D eigenvalue weighted by atomic mass is 16.6. The largest absolute Gasteiger partial charge is 0.394 e. The van der Waals surface area contributed by atoms with Gasteiger partial charge in [-0.1, -0.05) is 5.92 Å². The summed E-state index contributed by atoms with van der Waals surface area (Å²) in [6.45, 7) is -0.471. The van der Waals surface area contributed by atoms with Crippen LogP contribution in [0.3, 0.4) is 0 Å². The monoisotopic (exact) mass is 281 g/mol. The van der Waals surface area contributed by atoms with Crippen LogP contribution in [-0.4, -0.2) is 51.3 Å². The van der Waals surface area contributed by atoms with Gasteiger partial charge in [0.1, 0.15) is 30.7 Å². The molecule has 8 nitrogen and oxygen atoms in total. The second kappa shape index (κ2) is 6.02. The first kappa shape index (κ1) is 14.5. The molecule has 0 aromatic carbocycles. The van der Waals surface area contributed by atoms with E-state index in [4.69, 9.17) is 26.7 Å². The number of nitrogens with zero attached hydrogens (tertiary/aromatic N) is 2. The van der Waals surface area contributed by atoms with Crippen LogP contribution in [0.4, 0.5) is 5.82 Å². The highest BCUT2D eigenvalue weighted by molar-refractivity contribution is 5.23. The Morgan fingerprint density at radius 2 is 2.40 bits per heavy atom. The number of aliphatic hydroxyl groups excluding tert-OH is 2. The fraction of sp³-hybridized carbons (Fsp3) is 0.500. The van der Waals surface area contributed by atoms with E-state index in [2.05, 4.69) is 10.9 Å². The van der Waals surface area contributed by atoms with Gasteiger partial charge in [-0.2, -0.15) is 4.98 Å². The van der Waals surface area contributed by atoms with Gasteiger partial charge in [0.05, 0.1) is 6.61 Å². The van der Waals surface area contributed by atoms with E-state index in [1.165, 1.54) is 12.3 Å². The summed E-state index contributed by atoms with van der Waals surface area (Å²) in [6, 6.07) is 1.42. The molecule has 8 heteroatoms. The predicted octanol–water partition coefficient (Wildman–Crippen LogP) is -1.91. The number of hydrogen-bond donors (Lipinski definition) is 3. The minimum atomic E-state index is -1.11. The van der Waals surface area contributed by atoms with E-state index < -0.39 is 36.8 Å². The first-order valence-electron chi connectivity index (χ1n) is 5.92. The van der Waals surface area contributed by atoms with E-state index in [-0.39, 0.29) is 12.4 Å². The standard InChI is InChI=1S/C12H15N3O5/c1-2-5-19-10-9(17)7(6-16)20-11(10)15-4-3-8(13)14-12(15)18/h1,3-4,7,9-11,16-17H,5-6H2,(H2,13,14,18)/t7-,9+,10?,11-/m1/s1. The summed E-state index contributed by atoms with van der Waals surface area (Å²) in [5.41, 5.74) is 4.77. The molecule has 1 aliphatic heterocycles. The van der Waals surface area contributed by atoms with Crippen LogP contribution in [0.1, 0.15) is 6.23 Å². The SMILES string of the molecule is C#CCOC1[C@@H](O)[C@@H](CO)O[C@H]1n1ccc(N)nc1=O. The fourth-order valence-electron chi connectivity index (χ4n) is 2.04. The molecule has 20 heavy (non-hydrogen) atoms. The third kappa shape index (κ3) is 2.66. The average Bonchev–Trinajstić information content (AvgIpc) is 2.73. The molecule has 4 atom stereocenters. The van der Waals surface area contributed by atoms with Gasteiger partial charge in [-0.3, -0.25) is 4.57 Å². The van der Waals surface area contributed by atoms with E-state index in [9.17, 15) is 9.90 Å². The van der Waals surface area contributed by atoms with Crippen LogP contribution in [0.25, 0.3) is 0 Å². The Morgan fingerprint density at radius 1 is 1.65 bits per heavy atom. The molecule has 1 aromatic heterocycles. The smallest absolute Gasteiger partial charge is 0.351 e. The van der Waals surface area contributed by atoms with Gasteiger partial charge in [0.15, 0.2) is 6.23 Å². The second-order valence-electron chi connectivity index (χ2n) is 4.26. The molecule has 1 unspecified atom stereocenters. The lowest BCUT2D eigenvalue weighted by molar-refractivity contribution is -0.0676. The maximum atomic E-state index is 11.8. The van der Waals surface area contributed by atoms with Crippen molar-refractivity contribution in [3.63, 3.8) is 0 Å². The normalized spacial score (nSPS) is 29.2. The number of rotatable bonds is 4. The molecule has 2 rings (SSSR count). The van der Waals surface area contributed by atoms with E-state index in [1.807, 2.05) is 0 Å². The molecule has 1 aliphatic rings. The molecule has 2 heterocycles. The van der Waals surface area contributed by atoms with Gasteiger partial charge < -0.3 is 25.4 Å². The van der Waals surface area contributed by atoms with Gasteiger partial charge in [-0.25, -0.2) is 4.79 Å². The number of aliphatic hydroxyl groups is 2. The molecular formula is C12H15N3O5. The van der Waals surface area contributed by atoms with Crippen molar-refractivity contribution in [3.05, 3.63) is 22.7 Å². The van der Waals surface area contributed by atoms with Crippen LogP contribution < -0.4 is 11.4 Å². The second-order valence-corrected chi connectivity index (χ2v) is 4.26. The summed E-state index contributed by atoms with van der Waals surface area (Å²) in [6.07, 6.45) is 2.70. The van der Waals surface area contributed by atoms with Gasteiger partial charge in [-0.05, 0) is 6.07 Å². The Morgan fingerprint density at radius 3 is 3.00 bits per heavy atom. The van der Waals surface area contributed by atoms with Crippen molar-refractivity contribution in [2.75, 3.05) is 18.9 Å². The molecule has 1 aromatic rings. The summed E-state index contributed by atoms with van der Waals surface area (Å²) < 4.78 is 11.9. The third-order valence-corrected chi connectivity index (χ3v) is 2.98. The number of hydrogen-bond acceptors (Lipinski definition) is 7.